The molecule has 0 radical (unpaired) electrons. The van der Waals surface area contributed by atoms with Crippen LogP contribution < -0.4 is 4.90 Å². The van der Waals surface area contributed by atoms with Crippen molar-refractivity contribution in [1.82, 2.24) is 0 Å². The summed E-state index contributed by atoms with van der Waals surface area (Å²) in [5.41, 5.74) is 1.88. The Balaban J connectivity index is 1.85. The Morgan fingerprint density at radius 2 is 1.94 bits per heavy atom. The Hall–Kier alpha value is -1.55. The smallest absolute Gasteiger partial charge is 0.134 e. The van der Waals surface area contributed by atoms with Gasteiger partial charge < -0.3 is 15.2 Å². The summed E-state index contributed by atoms with van der Waals surface area (Å²) in [5.74, 6) is 0.792. The van der Waals surface area contributed by atoms with Crippen molar-refractivity contribution in [3.8, 4) is 5.75 Å². The Labute approximate surface area is 107 Å². The van der Waals surface area contributed by atoms with Crippen LogP contribution in [0.15, 0.2) is 29.4 Å². The molecule has 1 atom stereocenters. The lowest BCUT2D eigenvalue weighted by molar-refractivity contribution is -0.926. The number of aromatic hydroxyl groups is 1. The lowest BCUT2D eigenvalue weighted by atomic mass is 9.79. The van der Waals surface area contributed by atoms with E-state index in [1.165, 1.54) is 4.90 Å². The fraction of sp³-hybridized carbons (Fsp3) is 0.500. The fourth-order valence-electron chi connectivity index (χ4n) is 3.43. The first-order valence-corrected chi connectivity index (χ1v) is 6.63. The van der Waals surface area contributed by atoms with Crippen LogP contribution in [0.1, 0.15) is 18.4 Å². The molecule has 3 aliphatic rings. The van der Waals surface area contributed by atoms with Crippen molar-refractivity contribution in [1.29, 1.82) is 0 Å². The van der Waals surface area contributed by atoms with Crippen LogP contribution in [0.25, 0.3) is 0 Å². The van der Waals surface area contributed by atoms with Crippen molar-refractivity contribution < 1.29 is 15.2 Å². The average Bonchev–Trinajstić information content (AvgIpc) is 2.42. The summed E-state index contributed by atoms with van der Waals surface area (Å²) in [5, 5.41) is 22.7. The summed E-state index contributed by atoms with van der Waals surface area (Å²) in [6.45, 7) is 2.31. The van der Waals surface area contributed by atoms with Crippen LogP contribution in [0.3, 0.4) is 0 Å². The minimum absolute atomic E-state index is 0.232. The van der Waals surface area contributed by atoms with Gasteiger partial charge in [0, 0.05) is 30.7 Å². The molecule has 3 heterocycles. The van der Waals surface area contributed by atoms with Gasteiger partial charge in [-0.25, -0.2) is 0 Å². The molecule has 1 aromatic rings. The first-order valence-electron chi connectivity index (χ1n) is 6.63. The molecule has 1 aromatic carbocycles. The van der Waals surface area contributed by atoms with E-state index in [1.807, 2.05) is 18.2 Å². The molecule has 3 saturated heterocycles. The highest BCUT2D eigenvalue weighted by Gasteiger charge is 2.43. The van der Waals surface area contributed by atoms with E-state index in [0.717, 1.165) is 43.6 Å². The molecule has 18 heavy (non-hydrogen) atoms. The third kappa shape index (κ3) is 1.86. The van der Waals surface area contributed by atoms with Crippen molar-refractivity contribution in [3.05, 3.63) is 29.8 Å². The number of phenolic OH excluding ortho intramolecular Hbond substituents is 1. The van der Waals surface area contributed by atoms with E-state index in [4.69, 9.17) is 0 Å². The maximum absolute atomic E-state index is 9.86. The van der Waals surface area contributed by atoms with Crippen molar-refractivity contribution >= 4 is 5.71 Å². The summed E-state index contributed by atoms with van der Waals surface area (Å²) in [6, 6.07) is 7.68. The number of nitrogens with zero attached hydrogens (tertiary/aromatic N) is 1. The molecule has 0 spiro atoms. The molecule has 4 nitrogen and oxygen atoms in total. The SMILES string of the molecule is O/N=C1/C2CC[NH+](CC2)[C@H]1Cc1ccccc1O. The topological polar surface area (TPSA) is 57.3 Å². The standard InChI is InChI=1S/C14H18N2O2/c17-13-4-2-1-3-11(13)9-12-14(15-18)10-5-7-16(12)8-6-10/h1-4,10,12,17-18H,5-9H2/p+1/b15-14-/t12-/m0/s1. The summed E-state index contributed by atoms with van der Waals surface area (Å²) >= 11 is 0. The maximum Gasteiger partial charge on any atom is 0.134 e. The number of hydrogen-bond donors (Lipinski definition) is 3. The van der Waals surface area contributed by atoms with Crippen LogP contribution in [0, 0.1) is 5.92 Å². The second-order valence-corrected chi connectivity index (χ2v) is 5.34. The number of hydrogen-bond acceptors (Lipinski definition) is 3. The molecule has 3 fully saturated rings. The number of phenols is 1. The van der Waals surface area contributed by atoms with E-state index in [2.05, 4.69) is 5.16 Å². The van der Waals surface area contributed by atoms with Gasteiger partial charge in [0.2, 0.25) is 0 Å². The molecule has 4 rings (SSSR count). The van der Waals surface area contributed by atoms with Crippen molar-refractivity contribution in [2.24, 2.45) is 11.1 Å². The molecule has 3 aliphatic heterocycles. The third-order valence-electron chi connectivity index (χ3n) is 4.43. The Morgan fingerprint density at radius 1 is 1.22 bits per heavy atom. The molecular formula is C14H19N2O2+. The average molecular weight is 247 g/mol. The maximum atomic E-state index is 9.86. The number of oxime groups is 1. The monoisotopic (exact) mass is 247 g/mol. The zero-order chi connectivity index (χ0) is 12.5. The van der Waals surface area contributed by atoms with E-state index in [0.29, 0.717) is 11.7 Å². The van der Waals surface area contributed by atoms with E-state index in [-0.39, 0.29) is 6.04 Å². The summed E-state index contributed by atoms with van der Waals surface area (Å²) in [4.78, 5) is 1.49. The van der Waals surface area contributed by atoms with Crippen molar-refractivity contribution in [3.63, 3.8) is 0 Å². The van der Waals surface area contributed by atoms with E-state index in [9.17, 15) is 10.3 Å². The molecule has 0 unspecified atom stereocenters. The predicted octanol–water partition coefficient (Wildman–Crippen LogP) is 0.442. The second kappa shape index (κ2) is 4.61. The second-order valence-electron chi connectivity index (χ2n) is 5.34. The van der Waals surface area contributed by atoms with Crippen LogP contribution in [0.4, 0.5) is 0 Å². The zero-order valence-electron chi connectivity index (χ0n) is 10.3. The Kier molecular flexibility index (Phi) is 2.96. The molecule has 4 heteroatoms. The van der Waals surface area contributed by atoms with Gasteiger partial charge in [0.25, 0.3) is 0 Å². The normalized spacial score (nSPS) is 32.9. The Morgan fingerprint density at radius 3 is 2.61 bits per heavy atom. The van der Waals surface area contributed by atoms with E-state index >= 15 is 0 Å². The highest BCUT2D eigenvalue weighted by atomic mass is 16.4. The number of nitrogens with one attached hydrogen (secondary N) is 1. The van der Waals surface area contributed by atoms with Gasteiger partial charge in [-0.3, -0.25) is 0 Å². The largest absolute Gasteiger partial charge is 0.508 e. The summed E-state index contributed by atoms with van der Waals surface area (Å²) < 4.78 is 0. The molecule has 0 saturated carbocycles. The van der Waals surface area contributed by atoms with Gasteiger partial charge in [-0.1, -0.05) is 23.4 Å². The minimum atomic E-state index is 0.232. The number of fused-ring (bicyclic) bond motifs is 3. The molecule has 3 N–H and O–H groups in total. The number of benzene rings is 1. The molecule has 0 amide bonds. The van der Waals surface area contributed by atoms with Gasteiger partial charge in [0.15, 0.2) is 0 Å². The van der Waals surface area contributed by atoms with Crippen LogP contribution in [-0.4, -0.2) is 35.2 Å². The van der Waals surface area contributed by atoms with Crippen LogP contribution in [-0.2, 0) is 6.42 Å². The van der Waals surface area contributed by atoms with Crippen LogP contribution in [0.5, 0.6) is 5.75 Å². The van der Waals surface area contributed by atoms with Gasteiger partial charge in [-0.15, -0.1) is 0 Å². The number of para-hydroxylation sites is 1. The fourth-order valence-corrected chi connectivity index (χ4v) is 3.43. The van der Waals surface area contributed by atoms with Crippen LogP contribution >= 0.6 is 0 Å². The first-order chi connectivity index (χ1) is 8.79. The van der Waals surface area contributed by atoms with E-state index in [1.54, 1.807) is 6.07 Å². The van der Waals surface area contributed by atoms with Crippen molar-refractivity contribution in [2.75, 3.05) is 13.1 Å². The third-order valence-corrected chi connectivity index (χ3v) is 4.43. The molecule has 96 valence electrons. The predicted molar refractivity (Wildman–Crippen MR) is 68.2 cm³/mol. The zero-order valence-corrected chi connectivity index (χ0v) is 10.3. The Bertz CT molecular complexity index is 465. The highest BCUT2D eigenvalue weighted by molar-refractivity contribution is 5.91. The van der Waals surface area contributed by atoms with E-state index < -0.39 is 0 Å². The quantitative estimate of drug-likeness (QED) is 0.525. The molecular weight excluding hydrogens is 228 g/mol. The number of piperidine rings is 3. The lowest BCUT2D eigenvalue weighted by Gasteiger charge is -2.42. The van der Waals surface area contributed by atoms with Crippen LogP contribution in [0.2, 0.25) is 0 Å². The number of quaternary nitrogens is 1. The van der Waals surface area contributed by atoms with Gasteiger partial charge in [0.05, 0.1) is 13.1 Å². The minimum Gasteiger partial charge on any atom is -0.508 e. The van der Waals surface area contributed by atoms with Gasteiger partial charge >= 0.3 is 0 Å². The molecule has 0 aliphatic carbocycles. The van der Waals surface area contributed by atoms with Gasteiger partial charge in [-0.2, -0.15) is 0 Å². The highest BCUT2D eigenvalue weighted by Crippen LogP contribution is 2.24. The first kappa shape index (κ1) is 11.5. The van der Waals surface area contributed by atoms with Gasteiger partial charge in [0.1, 0.15) is 17.5 Å². The summed E-state index contributed by atoms with van der Waals surface area (Å²) in [7, 11) is 0. The molecule has 2 bridgehead atoms. The van der Waals surface area contributed by atoms with Crippen molar-refractivity contribution in [2.45, 2.75) is 25.3 Å². The summed E-state index contributed by atoms with van der Waals surface area (Å²) in [6.07, 6.45) is 3.02. The number of rotatable bonds is 2. The lowest BCUT2D eigenvalue weighted by Crippen LogP contribution is -3.20. The van der Waals surface area contributed by atoms with Gasteiger partial charge in [-0.05, 0) is 6.07 Å². The molecule has 0 aromatic heterocycles.